The van der Waals surface area contributed by atoms with Crippen LogP contribution in [0, 0.1) is 13.8 Å². The zero-order valence-electron chi connectivity index (χ0n) is 22.4. The Bertz CT molecular complexity index is 1530. The molecule has 2 amide bonds. The Morgan fingerprint density at radius 2 is 1.58 bits per heavy atom. The molecular formula is C29H35N5O3S. The highest BCUT2D eigenvalue weighted by Crippen LogP contribution is 2.24. The molecule has 0 unspecified atom stereocenters. The number of fused-ring (bicyclic) bond motifs is 1. The fraction of sp³-hybridized carbons (Fsp3) is 0.345. The molecule has 9 heteroatoms. The Balaban J connectivity index is 1.36. The van der Waals surface area contributed by atoms with Crippen molar-refractivity contribution < 1.29 is 13.2 Å². The van der Waals surface area contributed by atoms with Gasteiger partial charge in [0.25, 0.3) is 10.0 Å². The lowest BCUT2D eigenvalue weighted by atomic mass is 10.1. The third-order valence-electron chi connectivity index (χ3n) is 6.49. The first-order chi connectivity index (χ1) is 18.2. The lowest BCUT2D eigenvalue weighted by Crippen LogP contribution is -2.40. The summed E-state index contributed by atoms with van der Waals surface area (Å²) in [6, 6.07) is 16.0. The average Bonchev–Trinajstić information content (AvgIpc) is 3.26. The van der Waals surface area contributed by atoms with Crippen LogP contribution in [0.1, 0.15) is 54.9 Å². The number of benzene rings is 2. The smallest absolute Gasteiger partial charge is 0.328 e. The standard InChI is InChI=1S/C29H35N5O3S/c1-5-7-8-22-11-15-25(16-12-22)38(36,37)33-29(35)30-18-17-23-9-13-24(14-10-23)34-26(6-2)32-27-20(3)19-21(4)31-28(27)34/h9-16,19H,5-8,17-18H2,1-4H3,(H2,30,33,35). The number of pyridine rings is 1. The first kappa shape index (κ1) is 27.3. The molecule has 8 nitrogen and oxygen atoms in total. The van der Waals surface area contributed by atoms with E-state index in [1.807, 2.05) is 37.3 Å². The third kappa shape index (κ3) is 6.22. The Hall–Kier alpha value is -3.72. The molecule has 0 saturated carbocycles. The second kappa shape index (κ2) is 11.8. The van der Waals surface area contributed by atoms with Crippen LogP contribution in [0.3, 0.4) is 0 Å². The first-order valence-corrected chi connectivity index (χ1v) is 14.5. The molecule has 2 aromatic carbocycles. The molecule has 0 aliphatic carbocycles. The molecule has 200 valence electrons. The number of imidazole rings is 1. The van der Waals surface area contributed by atoms with Gasteiger partial charge in [0, 0.05) is 24.3 Å². The summed E-state index contributed by atoms with van der Waals surface area (Å²) < 4.78 is 29.3. The lowest BCUT2D eigenvalue weighted by molar-refractivity contribution is 0.246. The molecule has 2 heterocycles. The zero-order valence-corrected chi connectivity index (χ0v) is 23.2. The maximum Gasteiger partial charge on any atom is 0.328 e. The van der Waals surface area contributed by atoms with E-state index in [4.69, 9.17) is 9.97 Å². The molecule has 0 saturated heterocycles. The summed E-state index contributed by atoms with van der Waals surface area (Å²) >= 11 is 0. The second-order valence-corrected chi connectivity index (χ2v) is 11.2. The fourth-order valence-electron chi connectivity index (χ4n) is 4.48. The normalized spacial score (nSPS) is 11.6. The Kier molecular flexibility index (Phi) is 8.46. The van der Waals surface area contributed by atoms with Gasteiger partial charge in [-0.25, -0.2) is 27.9 Å². The number of nitrogens with one attached hydrogen (secondary N) is 2. The van der Waals surface area contributed by atoms with Crippen molar-refractivity contribution in [3.8, 4) is 5.69 Å². The third-order valence-corrected chi connectivity index (χ3v) is 7.84. The topological polar surface area (TPSA) is 106 Å². The molecule has 0 radical (unpaired) electrons. The van der Waals surface area contributed by atoms with Crippen molar-refractivity contribution in [1.29, 1.82) is 0 Å². The van der Waals surface area contributed by atoms with Crippen molar-refractivity contribution in [2.45, 2.75) is 64.7 Å². The summed E-state index contributed by atoms with van der Waals surface area (Å²) in [5, 5.41) is 2.64. The second-order valence-electron chi connectivity index (χ2n) is 9.50. The molecule has 4 rings (SSSR count). The highest BCUT2D eigenvalue weighted by molar-refractivity contribution is 7.90. The quantitative estimate of drug-likeness (QED) is 0.292. The lowest BCUT2D eigenvalue weighted by Gasteiger charge is -2.11. The fourth-order valence-corrected chi connectivity index (χ4v) is 5.41. The van der Waals surface area contributed by atoms with Gasteiger partial charge in [-0.2, -0.15) is 0 Å². The summed E-state index contributed by atoms with van der Waals surface area (Å²) in [7, 11) is -3.93. The van der Waals surface area contributed by atoms with E-state index in [-0.39, 0.29) is 4.90 Å². The largest absolute Gasteiger partial charge is 0.337 e. The number of hydrogen-bond acceptors (Lipinski definition) is 5. The zero-order chi connectivity index (χ0) is 27.3. The number of nitrogens with zero attached hydrogens (tertiary/aromatic N) is 3. The van der Waals surface area contributed by atoms with Crippen molar-refractivity contribution in [2.75, 3.05) is 6.54 Å². The minimum atomic E-state index is -3.93. The highest BCUT2D eigenvalue weighted by Gasteiger charge is 2.18. The van der Waals surface area contributed by atoms with E-state index in [1.54, 1.807) is 12.1 Å². The number of amides is 2. The van der Waals surface area contributed by atoms with Crippen LogP contribution in [0.4, 0.5) is 4.79 Å². The van der Waals surface area contributed by atoms with Crippen molar-refractivity contribution in [1.82, 2.24) is 24.6 Å². The number of urea groups is 1. The number of rotatable bonds is 10. The van der Waals surface area contributed by atoms with Crippen molar-refractivity contribution in [3.05, 3.63) is 82.8 Å². The SMILES string of the molecule is CCCCc1ccc(S(=O)(=O)NC(=O)NCCc2ccc(-n3c(CC)nc4c(C)cc(C)nc43)cc2)cc1. The summed E-state index contributed by atoms with van der Waals surface area (Å²) in [6.07, 6.45) is 4.36. The predicted molar refractivity (Wildman–Crippen MR) is 150 cm³/mol. The van der Waals surface area contributed by atoms with E-state index in [2.05, 4.69) is 35.4 Å². The molecular weight excluding hydrogens is 498 g/mol. The molecule has 2 N–H and O–H groups in total. The van der Waals surface area contributed by atoms with Gasteiger partial charge in [-0.3, -0.25) is 4.57 Å². The van der Waals surface area contributed by atoms with E-state index in [1.165, 1.54) is 12.1 Å². The van der Waals surface area contributed by atoms with E-state index >= 15 is 0 Å². The van der Waals surface area contributed by atoms with E-state index in [0.29, 0.717) is 13.0 Å². The number of carbonyl (C=O) groups excluding carboxylic acids is 1. The van der Waals surface area contributed by atoms with Crippen LogP contribution in [0.15, 0.2) is 59.5 Å². The Morgan fingerprint density at radius 1 is 0.921 bits per heavy atom. The maximum absolute atomic E-state index is 12.6. The van der Waals surface area contributed by atoms with Gasteiger partial charge in [0.1, 0.15) is 11.3 Å². The molecule has 0 fully saturated rings. The minimum Gasteiger partial charge on any atom is -0.337 e. The highest BCUT2D eigenvalue weighted by atomic mass is 32.2. The predicted octanol–water partition coefficient (Wildman–Crippen LogP) is 5.17. The van der Waals surface area contributed by atoms with Crippen molar-refractivity contribution in [3.63, 3.8) is 0 Å². The van der Waals surface area contributed by atoms with Crippen LogP contribution in [0.5, 0.6) is 0 Å². The van der Waals surface area contributed by atoms with Gasteiger partial charge >= 0.3 is 6.03 Å². The van der Waals surface area contributed by atoms with Gasteiger partial charge < -0.3 is 5.32 Å². The van der Waals surface area contributed by atoms with E-state index in [9.17, 15) is 13.2 Å². The number of aryl methyl sites for hydroxylation is 4. The first-order valence-electron chi connectivity index (χ1n) is 13.1. The van der Waals surface area contributed by atoms with Crippen LogP contribution in [-0.2, 0) is 29.3 Å². The summed E-state index contributed by atoms with van der Waals surface area (Å²) in [6.45, 7) is 8.52. The molecule has 4 aromatic rings. The van der Waals surface area contributed by atoms with Crippen LogP contribution >= 0.6 is 0 Å². The molecule has 2 aromatic heterocycles. The molecule has 0 spiro atoms. The van der Waals surface area contributed by atoms with E-state index < -0.39 is 16.1 Å². The van der Waals surface area contributed by atoms with Gasteiger partial charge in [0.2, 0.25) is 0 Å². The molecule has 38 heavy (non-hydrogen) atoms. The molecule has 0 aliphatic rings. The number of hydrogen-bond donors (Lipinski definition) is 2. The summed E-state index contributed by atoms with van der Waals surface area (Å²) in [5.41, 5.74) is 6.88. The molecule has 0 aliphatic heterocycles. The Morgan fingerprint density at radius 3 is 2.24 bits per heavy atom. The monoisotopic (exact) mass is 533 g/mol. The molecule has 0 bridgehead atoms. The van der Waals surface area contributed by atoms with Crippen molar-refractivity contribution in [2.24, 2.45) is 0 Å². The number of aromatic nitrogens is 3. The van der Waals surface area contributed by atoms with Gasteiger partial charge in [-0.1, -0.05) is 44.5 Å². The molecule has 0 atom stereocenters. The number of sulfonamides is 1. The summed E-state index contributed by atoms with van der Waals surface area (Å²) in [5.74, 6) is 0.948. The summed E-state index contributed by atoms with van der Waals surface area (Å²) in [4.78, 5) is 21.9. The van der Waals surface area contributed by atoms with E-state index in [0.717, 1.165) is 70.7 Å². The maximum atomic E-state index is 12.6. The van der Waals surface area contributed by atoms with Crippen molar-refractivity contribution >= 4 is 27.2 Å². The number of carbonyl (C=O) groups is 1. The minimum absolute atomic E-state index is 0.0711. The van der Waals surface area contributed by atoms with Gasteiger partial charge in [0.15, 0.2) is 5.65 Å². The van der Waals surface area contributed by atoms with Crippen LogP contribution in [0.25, 0.3) is 16.9 Å². The van der Waals surface area contributed by atoms with Gasteiger partial charge in [0.05, 0.1) is 4.90 Å². The number of unbranched alkanes of at least 4 members (excludes halogenated alkanes) is 1. The Labute approximate surface area is 224 Å². The van der Waals surface area contributed by atoms with Crippen LogP contribution in [-0.4, -0.2) is 35.5 Å². The van der Waals surface area contributed by atoms with Gasteiger partial charge in [-0.05, 0) is 80.1 Å². The van der Waals surface area contributed by atoms with Crippen LogP contribution in [0.2, 0.25) is 0 Å². The average molecular weight is 534 g/mol. The van der Waals surface area contributed by atoms with Crippen LogP contribution < -0.4 is 10.0 Å². The van der Waals surface area contributed by atoms with Gasteiger partial charge in [-0.15, -0.1) is 0 Å².